The average Bonchev–Trinajstić information content (AvgIpc) is 3.37. The number of rotatable bonds is 7. The zero-order valence-electron chi connectivity index (χ0n) is 18.0. The first-order valence-electron chi connectivity index (χ1n) is 10.6. The first kappa shape index (κ1) is 22.6. The lowest BCUT2D eigenvalue weighted by Crippen LogP contribution is -2.30. The van der Waals surface area contributed by atoms with Gasteiger partial charge >= 0.3 is 0 Å². The first-order chi connectivity index (χ1) is 15.6. The quantitative estimate of drug-likeness (QED) is 0.509. The van der Waals surface area contributed by atoms with Crippen LogP contribution in [0.25, 0.3) is 0 Å². The summed E-state index contributed by atoms with van der Waals surface area (Å²) in [6, 6.07) is 19.0. The zero-order chi connectivity index (χ0) is 22.3. The van der Waals surface area contributed by atoms with E-state index in [0.29, 0.717) is 28.8 Å². The van der Waals surface area contributed by atoms with Crippen molar-refractivity contribution in [2.45, 2.75) is 24.1 Å². The van der Waals surface area contributed by atoms with Gasteiger partial charge in [-0.05, 0) is 65.5 Å². The second kappa shape index (κ2) is 10.8. The van der Waals surface area contributed by atoms with Crippen molar-refractivity contribution in [3.63, 3.8) is 0 Å². The molecule has 3 aromatic rings. The van der Waals surface area contributed by atoms with Crippen LogP contribution in [-0.2, 0) is 13.1 Å². The SMILES string of the molecule is CNC(=O)c1ccc(CN(Cc2ccco2)C(=O)c2ccc(C3SCCCS3)cc2)cc1. The van der Waals surface area contributed by atoms with E-state index in [0.717, 1.165) is 11.3 Å². The molecule has 0 radical (unpaired) electrons. The van der Waals surface area contributed by atoms with Crippen molar-refractivity contribution in [1.29, 1.82) is 0 Å². The highest BCUT2D eigenvalue weighted by atomic mass is 32.2. The number of furan rings is 1. The number of hydrogen-bond acceptors (Lipinski definition) is 5. The average molecular weight is 467 g/mol. The molecule has 0 atom stereocenters. The smallest absolute Gasteiger partial charge is 0.254 e. The van der Waals surface area contributed by atoms with Crippen LogP contribution in [0.2, 0.25) is 0 Å². The number of hydrogen-bond donors (Lipinski definition) is 1. The van der Waals surface area contributed by atoms with Gasteiger partial charge in [0.05, 0.1) is 17.4 Å². The summed E-state index contributed by atoms with van der Waals surface area (Å²) in [5.41, 5.74) is 3.46. The van der Waals surface area contributed by atoms with Gasteiger partial charge in [-0.3, -0.25) is 9.59 Å². The first-order valence-corrected chi connectivity index (χ1v) is 12.7. The van der Waals surface area contributed by atoms with Gasteiger partial charge in [0.15, 0.2) is 0 Å². The summed E-state index contributed by atoms with van der Waals surface area (Å²) in [5.74, 6) is 2.93. The molecule has 2 heterocycles. The van der Waals surface area contributed by atoms with Crippen LogP contribution in [-0.4, -0.2) is 35.3 Å². The Balaban J connectivity index is 1.51. The number of carbonyl (C=O) groups is 2. The zero-order valence-corrected chi connectivity index (χ0v) is 19.6. The maximum atomic E-state index is 13.4. The second-order valence-corrected chi connectivity index (χ2v) is 10.3. The van der Waals surface area contributed by atoms with E-state index >= 15 is 0 Å². The molecule has 0 bridgehead atoms. The number of nitrogens with zero attached hydrogens (tertiary/aromatic N) is 1. The fourth-order valence-electron chi connectivity index (χ4n) is 3.56. The summed E-state index contributed by atoms with van der Waals surface area (Å²) < 4.78 is 5.95. The molecule has 1 N–H and O–H groups in total. The molecule has 1 aromatic heterocycles. The molecule has 166 valence electrons. The molecular formula is C25H26N2O3S2. The van der Waals surface area contributed by atoms with E-state index < -0.39 is 0 Å². The van der Waals surface area contributed by atoms with Gasteiger partial charge in [-0.15, -0.1) is 23.5 Å². The van der Waals surface area contributed by atoms with Crippen molar-refractivity contribution in [2.24, 2.45) is 0 Å². The van der Waals surface area contributed by atoms with Crippen molar-refractivity contribution in [1.82, 2.24) is 10.2 Å². The Labute approximate surface area is 196 Å². The minimum Gasteiger partial charge on any atom is -0.467 e. The van der Waals surface area contributed by atoms with Crippen LogP contribution in [0.3, 0.4) is 0 Å². The van der Waals surface area contributed by atoms with Gasteiger partial charge in [0.25, 0.3) is 11.8 Å². The molecule has 1 saturated heterocycles. The van der Waals surface area contributed by atoms with Gasteiger partial charge in [0, 0.05) is 24.7 Å². The Kier molecular flexibility index (Phi) is 7.60. The lowest BCUT2D eigenvalue weighted by Gasteiger charge is -2.23. The summed E-state index contributed by atoms with van der Waals surface area (Å²) in [6.07, 6.45) is 2.87. The molecule has 7 heteroatoms. The Bertz CT molecular complexity index is 1030. The third-order valence-corrected chi connectivity index (χ3v) is 8.30. The van der Waals surface area contributed by atoms with Crippen LogP contribution in [0.5, 0.6) is 0 Å². The number of amides is 2. The molecule has 4 rings (SSSR count). The van der Waals surface area contributed by atoms with Gasteiger partial charge in [0.2, 0.25) is 0 Å². The van der Waals surface area contributed by atoms with E-state index in [-0.39, 0.29) is 11.8 Å². The summed E-state index contributed by atoms with van der Waals surface area (Å²) >= 11 is 3.95. The monoisotopic (exact) mass is 466 g/mol. The Morgan fingerprint density at radius 1 is 0.969 bits per heavy atom. The summed E-state index contributed by atoms with van der Waals surface area (Å²) in [5, 5.41) is 2.62. The van der Waals surface area contributed by atoms with E-state index in [1.165, 1.54) is 23.5 Å². The van der Waals surface area contributed by atoms with Crippen molar-refractivity contribution in [3.05, 3.63) is 94.9 Å². The normalized spacial score (nSPS) is 14.2. The maximum Gasteiger partial charge on any atom is 0.254 e. The molecule has 0 spiro atoms. The summed E-state index contributed by atoms with van der Waals surface area (Å²) in [7, 11) is 1.61. The number of thioether (sulfide) groups is 2. The molecule has 1 fully saturated rings. The number of carbonyl (C=O) groups excluding carboxylic acids is 2. The topological polar surface area (TPSA) is 62.6 Å². The Hall–Kier alpha value is -2.64. The van der Waals surface area contributed by atoms with Crippen LogP contribution >= 0.6 is 23.5 Å². The van der Waals surface area contributed by atoms with Crippen LogP contribution < -0.4 is 5.32 Å². The van der Waals surface area contributed by atoms with Crippen molar-refractivity contribution in [2.75, 3.05) is 18.6 Å². The molecule has 0 saturated carbocycles. The maximum absolute atomic E-state index is 13.4. The molecule has 32 heavy (non-hydrogen) atoms. The van der Waals surface area contributed by atoms with Gasteiger partial charge in [-0.2, -0.15) is 0 Å². The predicted molar refractivity (Wildman–Crippen MR) is 131 cm³/mol. The summed E-state index contributed by atoms with van der Waals surface area (Å²) in [6.45, 7) is 0.794. The van der Waals surface area contributed by atoms with E-state index in [2.05, 4.69) is 17.4 Å². The standard InChI is InChI=1S/C25H26N2O3S2/c1-26-23(28)19-7-5-18(6-8-19)16-27(17-22-4-2-13-30-22)24(29)20-9-11-21(12-10-20)25-31-14-3-15-32-25/h2,4-13,25H,3,14-17H2,1H3,(H,26,28). The summed E-state index contributed by atoms with van der Waals surface area (Å²) in [4.78, 5) is 27.0. The Morgan fingerprint density at radius 2 is 1.66 bits per heavy atom. The molecule has 0 unspecified atom stereocenters. The van der Waals surface area contributed by atoms with Gasteiger partial charge in [0.1, 0.15) is 5.76 Å². The van der Waals surface area contributed by atoms with E-state index in [1.807, 2.05) is 59.9 Å². The molecular weight excluding hydrogens is 440 g/mol. The Morgan fingerprint density at radius 3 is 2.28 bits per heavy atom. The third-order valence-electron chi connectivity index (χ3n) is 5.29. The number of benzene rings is 2. The molecule has 2 amide bonds. The highest BCUT2D eigenvalue weighted by Gasteiger charge is 2.20. The van der Waals surface area contributed by atoms with E-state index in [1.54, 1.807) is 30.3 Å². The third kappa shape index (κ3) is 5.58. The minimum absolute atomic E-state index is 0.0488. The van der Waals surface area contributed by atoms with Gasteiger partial charge in [-0.25, -0.2) is 0 Å². The van der Waals surface area contributed by atoms with Gasteiger partial charge in [-0.1, -0.05) is 24.3 Å². The largest absolute Gasteiger partial charge is 0.467 e. The van der Waals surface area contributed by atoms with E-state index in [9.17, 15) is 9.59 Å². The minimum atomic E-state index is -0.130. The molecule has 0 aliphatic carbocycles. The van der Waals surface area contributed by atoms with Crippen LogP contribution in [0.15, 0.2) is 71.3 Å². The lowest BCUT2D eigenvalue weighted by molar-refractivity contribution is 0.0717. The van der Waals surface area contributed by atoms with Crippen molar-refractivity contribution in [3.8, 4) is 0 Å². The van der Waals surface area contributed by atoms with Gasteiger partial charge < -0.3 is 14.6 Å². The molecule has 2 aromatic carbocycles. The molecule has 1 aliphatic rings. The second-order valence-electron chi connectivity index (χ2n) is 7.57. The fourth-order valence-corrected chi connectivity index (χ4v) is 6.46. The molecule has 1 aliphatic heterocycles. The molecule has 5 nitrogen and oxygen atoms in total. The van der Waals surface area contributed by atoms with Crippen molar-refractivity contribution < 1.29 is 14.0 Å². The van der Waals surface area contributed by atoms with Crippen LogP contribution in [0.1, 0.15) is 48.6 Å². The van der Waals surface area contributed by atoms with Crippen LogP contribution in [0, 0.1) is 0 Å². The van der Waals surface area contributed by atoms with E-state index in [4.69, 9.17) is 4.42 Å². The fraction of sp³-hybridized carbons (Fsp3) is 0.280. The predicted octanol–water partition coefficient (Wildman–Crippen LogP) is 5.35. The lowest BCUT2D eigenvalue weighted by atomic mass is 10.1. The highest BCUT2D eigenvalue weighted by molar-refractivity contribution is 8.16. The van der Waals surface area contributed by atoms with Crippen molar-refractivity contribution >= 4 is 35.3 Å². The highest BCUT2D eigenvalue weighted by Crippen LogP contribution is 2.43. The number of nitrogens with one attached hydrogen (secondary N) is 1. The van der Waals surface area contributed by atoms with Crippen LogP contribution in [0.4, 0.5) is 0 Å².